The van der Waals surface area contributed by atoms with E-state index in [1.54, 1.807) is 18.2 Å². The Balaban J connectivity index is 2.08. The average Bonchev–Trinajstić information content (AvgIpc) is 2.48. The van der Waals surface area contributed by atoms with Crippen molar-refractivity contribution in [2.24, 2.45) is 0 Å². The van der Waals surface area contributed by atoms with E-state index in [4.69, 9.17) is 67.5 Å². The van der Waals surface area contributed by atoms with Crippen molar-refractivity contribution in [3.8, 4) is 11.5 Å². The summed E-state index contributed by atoms with van der Waals surface area (Å²) in [7, 11) is 0. The molecule has 2 aromatic rings. The molecule has 0 saturated heterocycles. The standard InChI is InChI=1S/C16H11Cl5O2/c17-12-4-2-1-3-10(12)9-23-16-13(18)7-11(8-14(16)19)22-6-5-15(20)21/h1-5,7-8H,6,9H2. The molecule has 0 spiro atoms. The summed E-state index contributed by atoms with van der Waals surface area (Å²) in [6, 6.07) is 10.6. The molecule has 2 rings (SSSR count). The fourth-order valence-corrected chi connectivity index (χ4v) is 2.62. The van der Waals surface area contributed by atoms with Crippen LogP contribution in [0.1, 0.15) is 5.56 Å². The molecule has 0 aliphatic heterocycles. The first kappa shape index (κ1) is 18.6. The minimum atomic E-state index is 0.127. The van der Waals surface area contributed by atoms with Crippen molar-refractivity contribution in [3.63, 3.8) is 0 Å². The highest BCUT2D eigenvalue weighted by molar-refractivity contribution is 6.55. The van der Waals surface area contributed by atoms with Crippen molar-refractivity contribution in [2.45, 2.75) is 6.61 Å². The Labute approximate surface area is 159 Å². The van der Waals surface area contributed by atoms with Crippen LogP contribution in [0.4, 0.5) is 0 Å². The smallest absolute Gasteiger partial charge is 0.157 e. The van der Waals surface area contributed by atoms with E-state index in [2.05, 4.69) is 0 Å². The fourth-order valence-electron chi connectivity index (χ4n) is 1.72. The Bertz CT molecular complexity index is 688. The molecule has 122 valence electrons. The second kappa shape index (κ2) is 8.91. The second-order valence-corrected chi connectivity index (χ2v) is 6.63. The van der Waals surface area contributed by atoms with E-state index < -0.39 is 0 Å². The van der Waals surface area contributed by atoms with E-state index in [9.17, 15) is 0 Å². The maximum Gasteiger partial charge on any atom is 0.157 e. The molecule has 0 bridgehead atoms. The number of benzene rings is 2. The van der Waals surface area contributed by atoms with E-state index in [0.29, 0.717) is 26.6 Å². The molecule has 0 fully saturated rings. The largest absolute Gasteiger partial charge is 0.489 e. The number of halogens is 5. The van der Waals surface area contributed by atoms with Crippen LogP contribution in [-0.2, 0) is 6.61 Å². The Hall–Kier alpha value is -0.770. The molecule has 2 aromatic carbocycles. The number of hydrogen-bond acceptors (Lipinski definition) is 2. The van der Waals surface area contributed by atoms with Crippen molar-refractivity contribution in [1.82, 2.24) is 0 Å². The van der Waals surface area contributed by atoms with Crippen LogP contribution in [-0.4, -0.2) is 6.61 Å². The SMILES string of the molecule is ClC(Cl)=CCOc1cc(Cl)c(OCc2ccccc2Cl)c(Cl)c1. The molecule has 0 radical (unpaired) electrons. The molecule has 0 unspecified atom stereocenters. The zero-order valence-electron chi connectivity index (χ0n) is 11.7. The van der Waals surface area contributed by atoms with E-state index in [0.717, 1.165) is 5.56 Å². The molecule has 0 aromatic heterocycles. The highest BCUT2D eigenvalue weighted by Gasteiger charge is 2.11. The third-order valence-electron chi connectivity index (χ3n) is 2.79. The maximum atomic E-state index is 6.19. The summed E-state index contributed by atoms with van der Waals surface area (Å²) in [5, 5.41) is 1.28. The van der Waals surface area contributed by atoms with Crippen LogP contribution in [0.2, 0.25) is 15.1 Å². The highest BCUT2D eigenvalue weighted by atomic mass is 35.5. The molecule has 0 atom stereocenters. The van der Waals surface area contributed by atoms with Crippen LogP contribution < -0.4 is 9.47 Å². The average molecular weight is 413 g/mol. The van der Waals surface area contributed by atoms with Crippen molar-refractivity contribution in [2.75, 3.05) is 6.61 Å². The van der Waals surface area contributed by atoms with Gasteiger partial charge in [-0.3, -0.25) is 0 Å². The molecule has 0 N–H and O–H groups in total. The molecular formula is C16H11Cl5O2. The van der Waals surface area contributed by atoms with Gasteiger partial charge < -0.3 is 9.47 Å². The third-order valence-corrected chi connectivity index (χ3v) is 4.03. The quantitative estimate of drug-likeness (QED) is 0.512. The summed E-state index contributed by atoms with van der Waals surface area (Å²) in [6.45, 7) is 0.457. The minimum absolute atomic E-state index is 0.127. The van der Waals surface area contributed by atoms with E-state index >= 15 is 0 Å². The molecular weight excluding hydrogens is 401 g/mol. The summed E-state index contributed by atoms with van der Waals surface area (Å²) < 4.78 is 11.2. The predicted octanol–water partition coefficient (Wildman–Crippen LogP) is 6.92. The summed E-state index contributed by atoms with van der Waals surface area (Å²) in [6.07, 6.45) is 1.51. The number of ether oxygens (including phenoxy) is 2. The van der Waals surface area contributed by atoms with Crippen LogP contribution in [0.3, 0.4) is 0 Å². The minimum Gasteiger partial charge on any atom is -0.489 e. The second-order valence-electron chi connectivity index (χ2n) is 4.40. The Morgan fingerprint density at radius 3 is 2.17 bits per heavy atom. The van der Waals surface area contributed by atoms with Gasteiger partial charge in [0.1, 0.15) is 23.5 Å². The molecule has 0 aliphatic carbocycles. The predicted molar refractivity (Wildman–Crippen MR) is 97.5 cm³/mol. The zero-order chi connectivity index (χ0) is 16.8. The Morgan fingerprint density at radius 2 is 1.57 bits per heavy atom. The van der Waals surface area contributed by atoms with Crippen LogP contribution in [0.25, 0.3) is 0 Å². The van der Waals surface area contributed by atoms with Crippen molar-refractivity contribution in [1.29, 1.82) is 0 Å². The molecule has 0 aliphatic rings. The number of hydrogen-bond donors (Lipinski definition) is 0. The van der Waals surface area contributed by atoms with Crippen LogP contribution >= 0.6 is 58.0 Å². The molecule has 7 heteroatoms. The van der Waals surface area contributed by atoms with Gasteiger partial charge in [-0.15, -0.1) is 0 Å². The van der Waals surface area contributed by atoms with Gasteiger partial charge in [0, 0.05) is 22.7 Å². The van der Waals surface area contributed by atoms with Crippen molar-refractivity contribution < 1.29 is 9.47 Å². The lowest BCUT2D eigenvalue weighted by Crippen LogP contribution is -1.99. The molecule has 0 amide bonds. The summed E-state index contributed by atoms with van der Waals surface area (Å²) in [5.74, 6) is 0.849. The lowest BCUT2D eigenvalue weighted by Gasteiger charge is -2.13. The van der Waals surface area contributed by atoms with E-state index in [1.807, 2.05) is 18.2 Å². The summed E-state index contributed by atoms with van der Waals surface area (Å²) in [5.41, 5.74) is 0.837. The lowest BCUT2D eigenvalue weighted by atomic mass is 10.2. The molecule has 0 heterocycles. The third kappa shape index (κ3) is 5.66. The van der Waals surface area contributed by atoms with Gasteiger partial charge in [-0.2, -0.15) is 0 Å². The van der Waals surface area contributed by atoms with E-state index in [1.165, 1.54) is 6.08 Å². The Morgan fingerprint density at radius 1 is 0.913 bits per heavy atom. The first-order valence-electron chi connectivity index (χ1n) is 6.46. The van der Waals surface area contributed by atoms with Crippen LogP contribution in [0.15, 0.2) is 47.0 Å². The van der Waals surface area contributed by atoms with Crippen molar-refractivity contribution in [3.05, 3.63) is 67.6 Å². The van der Waals surface area contributed by atoms with Crippen molar-refractivity contribution >= 4 is 58.0 Å². The van der Waals surface area contributed by atoms with Gasteiger partial charge in [0.15, 0.2) is 5.75 Å². The normalized spacial score (nSPS) is 10.3. The van der Waals surface area contributed by atoms with E-state index in [-0.39, 0.29) is 17.7 Å². The van der Waals surface area contributed by atoms with Gasteiger partial charge in [0.2, 0.25) is 0 Å². The van der Waals surface area contributed by atoms with Crippen LogP contribution in [0.5, 0.6) is 11.5 Å². The highest BCUT2D eigenvalue weighted by Crippen LogP contribution is 2.37. The Kier molecular flexibility index (Phi) is 7.19. The van der Waals surface area contributed by atoms with Gasteiger partial charge in [0.25, 0.3) is 0 Å². The number of rotatable bonds is 6. The van der Waals surface area contributed by atoms with Gasteiger partial charge in [-0.25, -0.2) is 0 Å². The summed E-state index contributed by atoms with van der Waals surface area (Å²) >= 11 is 29.5. The fraction of sp³-hybridized carbons (Fsp3) is 0.125. The topological polar surface area (TPSA) is 18.5 Å². The summed E-state index contributed by atoms with van der Waals surface area (Å²) in [4.78, 5) is 0. The van der Waals surface area contributed by atoms with Gasteiger partial charge in [-0.05, 0) is 12.1 Å². The van der Waals surface area contributed by atoms with Gasteiger partial charge in [-0.1, -0.05) is 76.2 Å². The van der Waals surface area contributed by atoms with Gasteiger partial charge in [0.05, 0.1) is 10.0 Å². The molecule has 0 saturated carbocycles. The first-order valence-corrected chi connectivity index (χ1v) is 8.35. The molecule has 2 nitrogen and oxygen atoms in total. The maximum absolute atomic E-state index is 6.19. The lowest BCUT2D eigenvalue weighted by molar-refractivity contribution is 0.305. The monoisotopic (exact) mass is 410 g/mol. The first-order chi connectivity index (χ1) is 11.0. The molecule has 23 heavy (non-hydrogen) atoms. The zero-order valence-corrected chi connectivity index (χ0v) is 15.4. The van der Waals surface area contributed by atoms with Gasteiger partial charge >= 0.3 is 0 Å². The van der Waals surface area contributed by atoms with Crippen LogP contribution in [0, 0.1) is 0 Å².